The second kappa shape index (κ2) is 6.74. The molecule has 0 saturated carbocycles. The Labute approximate surface area is 104 Å². The van der Waals surface area contributed by atoms with Crippen molar-refractivity contribution in [1.82, 2.24) is 0 Å². The van der Waals surface area contributed by atoms with E-state index in [1.165, 1.54) is 6.08 Å². The molecule has 90 valence electrons. The third-order valence-corrected chi connectivity index (χ3v) is 1.98. The Morgan fingerprint density at radius 3 is 2.72 bits per heavy atom. The molecule has 1 rings (SSSR count). The van der Waals surface area contributed by atoms with E-state index in [0.717, 1.165) is 0 Å². The lowest BCUT2D eigenvalue weighted by atomic mass is 10.1. The van der Waals surface area contributed by atoms with Crippen molar-refractivity contribution >= 4 is 12.0 Å². The van der Waals surface area contributed by atoms with E-state index in [-0.39, 0.29) is 12.3 Å². The van der Waals surface area contributed by atoms with Gasteiger partial charge in [-0.25, -0.2) is 4.79 Å². The lowest BCUT2D eigenvalue weighted by Gasteiger charge is -2.01. The van der Waals surface area contributed by atoms with Crippen molar-refractivity contribution in [3.05, 3.63) is 51.5 Å². The molecule has 6 heteroatoms. The largest absolute Gasteiger partial charge is 0.462 e. The monoisotopic (exact) mass is 242 g/mol. The summed E-state index contributed by atoms with van der Waals surface area (Å²) in [5, 5.41) is 11.9. The van der Waals surface area contributed by atoms with Gasteiger partial charge in [-0.2, -0.15) is 5.26 Å². The number of ether oxygens (including phenoxy) is 1. The molecule has 0 aliphatic heterocycles. The van der Waals surface area contributed by atoms with Gasteiger partial charge in [-0.05, 0) is 36.2 Å². The van der Waals surface area contributed by atoms with Gasteiger partial charge in [0.15, 0.2) is 0 Å². The van der Waals surface area contributed by atoms with Gasteiger partial charge in [0.05, 0.1) is 18.2 Å². The van der Waals surface area contributed by atoms with Crippen LogP contribution >= 0.6 is 0 Å². The number of hydrogen-bond donors (Lipinski definition) is 0. The summed E-state index contributed by atoms with van der Waals surface area (Å²) in [6, 6.07) is 8.47. The molecule has 0 heterocycles. The number of azide groups is 1. The summed E-state index contributed by atoms with van der Waals surface area (Å²) in [5.41, 5.74) is 9.41. The topological polar surface area (TPSA) is 98.9 Å². The zero-order valence-corrected chi connectivity index (χ0v) is 9.70. The fraction of sp³-hybridized carbons (Fsp3) is 0.167. The van der Waals surface area contributed by atoms with Crippen LogP contribution < -0.4 is 0 Å². The van der Waals surface area contributed by atoms with E-state index in [4.69, 9.17) is 15.5 Å². The number of carbonyl (C=O) groups is 1. The highest BCUT2D eigenvalue weighted by Gasteiger charge is 2.08. The number of benzene rings is 1. The molecule has 0 aromatic heterocycles. The number of hydrogen-bond acceptors (Lipinski definition) is 4. The molecule has 0 radical (unpaired) electrons. The first-order valence-corrected chi connectivity index (χ1v) is 5.15. The van der Waals surface area contributed by atoms with Gasteiger partial charge in [-0.3, -0.25) is 0 Å². The number of rotatable bonds is 4. The quantitative estimate of drug-likeness (QED) is 0.267. The maximum atomic E-state index is 11.5. The minimum atomic E-state index is -0.681. The highest BCUT2D eigenvalue weighted by atomic mass is 16.5. The summed E-state index contributed by atoms with van der Waals surface area (Å²) < 4.78 is 4.75. The molecule has 18 heavy (non-hydrogen) atoms. The maximum Gasteiger partial charge on any atom is 0.340 e. The Balaban J connectivity index is 3.04. The van der Waals surface area contributed by atoms with Crippen molar-refractivity contribution in [3.63, 3.8) is 0 Å². The SMILES string of the molecule is CCOC(=O)/C(=C/c1ccc(C#N)cc1)N=[N+]=[N-]. The summed E-state index contributed by atoms with van der Waals surface area (Å²) in [5.74, 6) is -0.681. The maximum absolute atomic E-state index is 11.5. The molecule has 6 nitrogen and oxygen atoms in total. The summed E-state index contributed by atoms with van der Waals surface area (Å²) in [7, 11) is 0. The van der Waals surface area contributed by atoms with Crippen LogP contribution in [0.1, 0.15) is 18.1 Å². The molecule has 0 unspecified atom stereocenters. The minimum absolute atomic E-state index is 0.121. The molecule has 0 aliphatic carbocycles. The Morgan fingerprint density at radius 2 is 2.22 bits per heavy atom. The van der Waals surface area contributed by atoms with Crippen LogP contribution in [0.15, 0.2) is 35.1 Å². The molecule has 1 aromatic rings. The summed E-state index contributed by atoms with van der Waals surface area (Å²) in [6.07, 6.45) is 1.40. The second-order valence-corrected chi connectivity index (χ2v) is 3.17. The average Bonchev–Trinajstić information content (AvgIpc) is 2.39. The zero-order valence-electron chi connectivity index (χ0n) is 9.70. The summed E-state index contributed by atoms with van der Waals surface area (Å²) in [6.45, 7) is 1.86. The first-order valence-electron chi connectivity index (χ1n) is 5.15. The van der Waals surface area contributed by atoms with Crippen molar-refractivity contribution < 1.29 is 9.53 Å². The van der Waals surface area contributed by atoms with E-state index in [1.807, 2.05) is 6.07 Å². The van der Waals surface area contributed by atoms with Crippen LogP contribution in [0.3, 0.4) is 0 Å². The van der Waals surface area contributed by atoms with Crippen LogP contribution in [0.4, 0.5) is 0 Å². The molecule has 0 N–H and O–H groups in total. The Bertz CT molecular complexity index is 548. The second-order valence-electron chi connectivity index (χ2n) is 3.17. The molecule has 0 fully saturated rings. The van der Waals surface area contributed by atoms with Crippen LogP contribution in [0.25, 0.3) is 16.5 Å². The van der Waals surface area contributed by atoms with E-state index in [1.54, 1.807) is 31.2 Å². The van der Waals surface area contributed by atoms with Crippen molar-refractivity contribution in [2.24, 2.45) is 5.11 Å². The number of esters is 1. The number of nitrogens with zero attached hydrogens (tertiary/aromatic N) is 4. The van der Waals surface area contributed by atoms with Crippen molar-refractivity contribution in [2.45, 2.75) is 6.92 Å². The minimum Gasteiger partial charge on any atom is -0.462 e. The Hall–Kier alpha value is -2.77. The number of carbonyl (C=O) groups excluding carboxylic acids is 1. The molecule has 1 aromatic carbocycles. The highest BCUT2D eigenvalue weighted by Crippen LogP contribution is 2.11. The first-order chi connectivity index (χ1) is 8.71. The summed E-state index contributed by atoms with van der Waals surface area (Å²) in [4.78, 5) is 14.0. The molecular formula is C12H10N4O2. The average molecular weight is 242 g/mol. The van der Waals surface area contributed by atoms with Gasteiger partial charge in [-0.15, -0.1) is 0 Å². The predicted octanol–water partition coefficient (Wildman–Crippen LogP) is 2.77. The number of nitriles is 1. The van der Waals surface area contributed by atoms with Crippen LogP contribution in [0, 0.1) is 11.3 Å². The van der Waals surface area contributed by atoms with Gasteiger partial charge in [0, 0.05) is 4.91 Å². The Kier molecular flexibility index (Phi) is 4.98. The predicted molar refractivity (Wildman–Crippen MR) is 64.9 cm³/mol. The van der Waals surface area contributed by atoms with Crippen molar-refractivity contribution in [2.75, 3.05) is 6.61 Å². The summed E-state index contributed by atoms with van der Waals surface area (Å²) >= 11 is 0. The van der Waals surface area contributed by atoms with E-state index in [0.29, 0.717) is 11.1 Å². The molecule has 0 amide bonds. The Morgan fingerprint density at radius 1 is 1.56 bits per heavy atom. The van der Waals surface area contributed by atoms with E-state index in [2.05, 4.69) is 10.0 Å². The molecule has 0 spiro atoms. The molecule has 0 bridgehead atoms. The third-order valence-electron chi connectivity index (χ3n) is 1.98. The van der Waals surface area contributed by atoms with Gasteiger partial charge in [0.25, 0.3) is 0 Å². The lowest BCUT2D eigenvalue weighted by Crippen LogP contribution is -2.05. The standard InChI is InChI=1S/C12H10N4O2/c1-2-18-12(17)11(15-16-14)7-9-3-5-10(8-13)6-4-9/h3-7H,2H2,1H3/b11-7-. The van der Waals surface area contributed by atoms with Gasteiger partial charge in [-0.1, -0.05) is 17.2 Å². The van der Waals surface area contributed by atoms with E-state index in [9.17, 15) is 4.79 Å². The highest BCUT2D eigenvalue weighted by molar-refractivity contribution is 5.93. The normalized spacial score (nSPS) is 10.1. The molecule has 0 aliphatic rings. The van der Waals surface area contributed by atoms with Gasteiger partial charge in [0.1, 0.15) is 5.70 Å². The van der Waals surface area contributed by atoms with Crippen LogP contribution in [-0.2, 0) is 9.53 Å². The van der Waals surface area contributed by atoms with E-state index >= 15 is 0 Å². The van der Waals surface area contributed by atoms with Crippen LogP contribution in [-0.4, -0.2) is 12.6 Å². The lowest BCUT2D eigenvalue weighted by molar-refractivity contribution is -0.138. The van der Waals surface area contributed by atoms with E-state index < -0.39 is 5.97 Å². The van der Waals surface area contributed by atoms with Gasteiger partial charge in [0.2, 0.25) is 0 Å². The van der Waals surface area contributed by atoms with Gasteiger partial charge < -0.3 is 4.74 Å². The molecule has 0 atom stereocenters. The zero-order chi connectivity index (χ0) is 13.4. The van der Waals surface area contributed by atoms with Gasteiger partial charge >= 0.3 is 5.97 Å². The first kappa shape index (κ1) is 13.3. The smallest absolute Gasteiger partial charge is 0.340 e. The molecule has 0 saturated heterocycles. The third kappa shape index (κ3) is 3.67. The van der Waals surface area contributed by atoms with Crippen LogP contribution in [0.5, 0.6) is 0 Å². The fourth-order valence-electron chi connectivity index (χ4n) is 1.19. The molecular weight excluding hydrogens is 232 g/mol. The van der Waals surface area contributed by atoms with Crippen LogP contribution in [0.2, 0.25) is 0 Å². The van der Waals surface area contributed by atoms with Crippen molar-refractivity contribution in [3.8, 4) is 6.07 Å². The fourth-order valence-corrected chi connectivity index (χ4v) is 1.19. The van der Waals surface area contributed by atoms with Crippen molar-refractivity contribution in [1.29, 1.82) is 5.26 Å².